The average molecular weight is 361 g/mol. The number of hydrogen-bond acceptors (Lipinski definition) is 5. The molecule has 0 saturated heterocycles. The summed E-state index contributed by atoms with van der Waals surface area (Å²) in [4.78, 5) is 33.8. The number of rotatable bonds is 5. The van der Waals surface area contributed by atoms with E-state index in [0.29, 0.717) is 11.3 Å². The quantitative estimate of drug-likeness (QED) is 0.379. The Bertz CT molecular complexity index is 864. The molecule has 0 spiro atoms. The summed E-state index contributed by atoms with van der Waals surface area (Å²) in [6.07, 6.45) is 2.67. The van der Waals surface area contributed by atoms with Gasteiger partial charge in [-0.15, -0.1) is 0 Å². The number of nitro benzene ring substituents is 1. The highest BCUT2D eigenvalue weighted by Crippen LogP contribution is 2.21. The number of ether oxygens (including phenoxy) is 1. The van der Waals surface area contributed by atoms with Crippen LogP contribution in [-0.4, -0.2) is 23.9 Å². The summed E-state index contributed by atoms with van der Waals surface area (Å²) in [5, 5.41) is 13.5. The maximum atomic E-state index is 12.0. The van der Waals surface area contributed by atoms with Gasteiger partial charge in [0.2, 0.25) is 5.91 Å². The molecular weight excluding hydrogens is 348 g/mol. The van der Waals surface area contributed by atoms with Gasteiger partial charge in [0.25, 0.3) is 5.69 Å². The normalized spacial score (nSPS) is 10.5. The molecule has 0 aliphatic rings. The van der Waals surface area contributed by atoms with Gasteiger partial charge >= 0.3 is 5.97 Å². The highest BCUT2D eigenvalue weighted by atomic mass is 35.5. The lowest BCUT2D eigenvalue weighted by Gasteiger charge is -2.06. The van der Waals surface area contributed by atoms with Crippen LogP contribution in [0.2, 0.25) is 5.02 Å². The van der Waals surface area contributed by atoms with E-state index in [9.17, 15) is 19.7 Å². The van der Waals surface area contributed by atoms with Crippen molar-refractivity contribution in [3.05, 3.63) is 74.8 Å². The van der Waals surface area contributed by atoms with Crippen molar-refractivity contribution in [2.75, 3.05) is 12.4 Å². The van der Waals surface area contributed by atoms with Crippen LogP contribution in [0.1, 0.15) is 15.9 Å². The van der Waals surface area contributed by atoms with E-state index in [4.69, 9.17) is 11.6 Å². The first kappa shape index (κ1) is 18.2. The molecule has 0 atom stereocenters. The zero-order valence-electron chi connectivity index (χ0n) is 13.1. The van der Waals surface area contributed by atoms with Crippen molar-refractivity contribution in [3.63, 3.8) is 0 Å². The molecule has 0 aliphatic carbocycles. The number of benzene rings is 2. The molecule has 0 fully saturated rings. The molecule has 1 N–H and O–H groups in total. The predicted octanol–water partition coefficient (Wildman–Crippen LogP) is 3.69. The molecule has 7 nitrogen and oxygen atoms in total. The van der Waals surface area contributed by atoms with Crippen molar-refractivity contribution >= 4 is 40.9 Å². The van der Waals surface area contributed by atoms with Crippen LogP contribution >= 0.6 is 11.6 Å². The summed E-state index contributed by atoms with van der Waals surface area (Å²) < 4.78 is 4.61. The summed E-state index contributed by atoms with van der Waals surface area (Å²) in [6, 6.07) is 10.3. The highest BCUT2D eigenvalue weighted by molar-refractivity contribution is 6.33. The van der Waals surface area contributed by atoms with Crippen molar-refractivity contribution in [2.24, 2.45) is 0 Å². The van der Waals surface area contributed by atoms with Gasteiger partial charge in [0.15, 0.2) is 0 Å². The molecule has 0 heterocycles. The number of methoxy groups -OCH3 is 1. The molecule has 128 valence electrons. The lowest BCUT2D eigenvalue weighted by Crippen LogP contribution is -2.09. The number of esters is 1. The first-order chi connectivity index (χ1) is 11.9. The maximum Gasteiger partial charge on any atom is 0.339 e. The van der Waals surface area contributed by atoms with Crippen molar-refractivity contribution in [1.29, 1.82) is 0 Å². The van der Waals surface area contributed by atoms with Crippen LogP contribution in [0.4, 0.5) is 11.4 Å². The van der Waals surface area contributed by atoms with Crippen molar-refractivity contribution in [1.82, 2.24) is 0 Å². The van der Waals surface area contributed by atoms with E-state index in [-0.39, 0.29) is 16.3 Å². The zero-order valence-corrected chi connectivity index (χ0v) is 13.8. The van der Waals surface area contributed by atoms with Crippen molar-refractivity contribution < 1.29 is 19.2 Å². The van der Waals surface area contributed by atoms with Gasteiger partial charge in [0.05, 0.1) is 22.6 Å². The van der Waals surface area contributed by atoms with Gasteiger partial charge in [-0.1, -0.05) is 23.7 Å². The number of non-ortho nitro benzene ring substituents is 1. The monoisotopic (exact) mass is 360 g/mol. The third-order valence-corrected chi connectivity index (χ3v) is 3.48. The van der Waals surface area contributed by atoms with E-state index in [1.807, 2.05) is 0 Å². The van der Waals surface area contributed by atoms with Crippen LogP contribution in [0, 0.1) is 10.1 Å². The van der Waals surface area contributed by atoms with Crippen molar-refractivity contribution in [2.45, 2.75) is 0 Å². The fourth-order valence-corrected chi connectivity index (χ4v) is 2.16. The molecule has 0 aliphatic heterocycles. The number of nitrogens with zero attached hydrogens (tertiary/aromatic N) is 1. The Labute approximate surface area is 148 Å². The van der Waals surface area contributed by atoms with E-state index in [0.717, 1.165) is 0 Å². The summed E-state index contributed by atoms with van der Waals surface area (Å²) in [6.45, 7) is 0. The zero-order chi connectivity index (χ0) is 18.4. The van der Waals surface area contributed by atoms with E-state index in [1.54, 1.807) is 6.07 Å². The van der Waals surface area contributed by atoms with Gasteiger partial charge < -0.3 is 10.1 Å². The Morgan fingerprint density at radius 1 is 1.24 bits per heavy atom. The molecule has 0 unspecified atom stereocenters. The number of nitro groups is 1. The van der Waals surface area contributed by atoms with E-state index in [2.05, 4.69) is 10.1 Å². The molecule has 8 heteroatoms. The van der Waals surface area contributed by atoms with Crippen LogP contribution < -0.4 is 5.32 Å². The first-order valence-corrected chi connectivity index (χ1v) is 7.40. The van der Waals surface area contributed by atoms with Gasteiger partial charge in [-0.05, 0) is 29.8 Å². The predicted molar refractivity (Wildman–Crippen MR) is 93.6 cm³/mol. The molecule has 2 rings (SSSR count). The molecule has 2 aromatic rings. The van der Waals surface area contributed by atoms with Gasteiger partial charge in [-0.2, -0.15) is 0 Å². The standard InChI is InChI=1S/C17H13ClN2O5/c1-25-17(22)14-10-12(6-7-15(14)18)19-16(21)8-5-11-3-2-4-13(9-11)20(23)24/h2-10H,1H3,(H,19,21)/b8-5+. The minimum Gasteiger partial charge on any atom is -0.465 e. The minimum atomic E-state index is -0.617. The first-order valence-electron chi connectivity index (χ1n) is 7.02. The number of amides is 1. The van der Waals surface area contributed by atoms with Crippen LogP contribution in [0.5, 0.6) is 0 Å². The Hall–Kier alpha value is -3.19. The molecule has 25 heavy (non-hydrogen) atoms. The summed E-state index contributed by atoms with van der Waals surface area (Å²) in [7, 11) is 1.23. The fourth-order valence-electron chi connectivity index (χ4n) is 1.97. The molecule has 2 aromatic carbocycles. The lowest BCUT2D eigenvalue weighted by atomic mass is 10.2. The molecule has 0 bridgehead atoms. The topological polar surface area (TPSA) is 98.5 Å². The Morgan fingerprint density at radius 2 is 2.00 bits per heavy atom. The second kappa shape index (κ2) is 8.07. The van der Waals surface area contributed by atoms with E-state index < -0.39 is 16.8 Å². The van der Waals surface area contributed by atoms with Crippen molar-refractivity contribution in [3.8, 4) is 0 Å². The van der Waals surface area contributed by atoms with Gasteiger partial charge in [-0.25, -0.2) is 4.79 Å². The van der Waals surface area contributed by atoms with Crippen LogP contribution in [0.25, 0.3) is 6.08 Å². The summed E-state index contributed by atoms with van der Waals surface area (Å²) in [5.41, 5.74) is 0.932. The summed E-state index contributed by atoms with van der Waals surface area (Å²) >= 11 is 5.91. The highest BCUT2D eigenvalue weighted by Gasteiger charge is 2.12. The van der Waals surface area contributed by atoms with Crippen LogP contribution in [0.15, 0.2) is 48.5 Å². The van der Waals surface area contributed by atoms with Gasteiger partial charge in [0.1, 0.15) is 0 Å². The van der Waals surface area contributed by atoms with E-state index >= 15 is 0 Å². The molecule has 1 amide bonds. The number of anilines is 1. The molecule has 0 radical (unpaired) electrons. The van der Waals surface area contributed by atoms with Gasteiger partial charge in [0, 0.05) is 23.9 Å². The second-order valence-corrected chi connectivity index (χ2v) is 5.27. The third-order valence-electron chi connectivity index (χ3n) is 3.15. The number of carbonyl (C=O) groups is 2. The van der Waals surface area contributed by atoms with Crippen LogP contribution in [0.3, 0.4) is 0 Å². The molecule has 0 aromatic heterocycles. The fraction of sp³-hybridized carbons (Fsp3) is 0.0588. The number of carbonyl (C=O) groups excluding carboxylic acids is 2. The smallest absolute Gasteiger partial charge is 0.339 e. The summed E-state index contributed by atoms with van der Waals surface area (Å²) in [5.74, 6) is -1.09. The number of halogens is 1. The number of nitrogens with one attached hydrogen (secondary N) is 1. The van der Waals surface area contributed by atoms with Crippen LogP contribution in [-0.2, 0) is 9.53 Å². The SMILES string of the molecule is COC(=O)c1cc(NC(=O)/C=C/c2cccc([N+](=O)[O-])c2)ccc1Cl. The molecule has 0 saturated carbocycles. The lowest BCUT2D eigenvalue weighted by molar-refractivity contribution is -0.384. The average Bonchev–Trinajstić information content (AvgIpc) is 2.61. The third kappa shape index (κ3) is 4.89. The Morgan fingerprint density at radius 3 is 2.68 bits per heavy atom. The Kier molecular flexibility index (Phi) is 5.86. The minimum absolute atomic E-state index is 0.0667. The van der Waals surface area contributed by atoms with E-state index in [1.165, 1.54) is 55.7 Å². The maximum absolute atomic E-state index is 12.0. The largest absolute Gasteiger partial charge is 0.465 e. The van der Waals surface area contributed by atoms with Gasteiger partial charge in [-0.3, -0.25) is 14.9 Å². The molecular formula is C17H13ClN2O5. The second-order valence-electron chi connectivity index (χ2n) is 4.86. The Balaban J connectivity index is 2.11. The number of hydrogen-bond donors (Lipinski definition) is 1.